The third-order valence-electron chi connectivity index (χ3n) is 3.70. The summed E-state index contributed by atoms with van der Waals surface area (Å²) in [6.07, 6.45) is 1.81. The Morgan fingerprint density at radius 3 is 2.52 bits per heavy atom. The lowest BCUT2D eigenvalue weighted by Gasteiger charge is -2.11. The standard InChI is InChI=1S/C21H27N3O3/c1-3-11-22-21(26)16-7-5-8-17(13-16)23-15-20(25)24-18-9-6-10-19(14-18)27-12-4-2/h5-10,13-14,23H,3-4,11-12,15H2,1-2H3,(H,22,26)(H,24,25). The Bertz CT molecular complexity index is 762. The van der Waals surface area contributed by atoms with Gasteiger partial charge in [-0.25, -0.2) is 0 Å². The van der Waals surface area contributed by atoms with E-state index in [-0.39, 0.29) is 18.4 Å². The molecule has 0 bridgehead atoms. The van der Waals surface area contributed by atoms with Gasteiger partial charge in [0.25, 0.3) is 5.91 Å². The molecule has 144 valence electrons. The first kappa shape index (κ1) is 20.3. The first-order chi connectivity index (χ1) is 13.1. The molecule has 0 radical (unpaired) electrons. The highest BCUT2D eigenvalue weighted by Crippen LogP contribution is 2.17. The Kier molecular flexibility index (Phi) is 8.16. The topological polar surface area (TPSA) is 79.5 Å². The number of carbonyl (C=O) groups is 2. The van der Waals surface area contributed by atoms with Gasteiger partial charge in [0.2, 0.25) is 5.91 Å². The van der Waals surface area contributed by atoms with E-state index in [2.05, 4.69) is 16.0 Å². The summed E-state index contributed by atoms with van der Waals surface area (Å²) in [4.78, 5) is 24.2. The van der Waals surface area contributed by atoms with E-state index in [1.165, 1.54) is 0 Å². The van der Waals surface area contributed by atoms with E-state index in [1.54, 1.807) is 24.3 Å². The van der Waals surface area contributed by atoms with Crippen LogP contribution in [0.4, 0.5) is 11.4 Å². The van der Waals surface area contributed by atoms with Crippen LogP contribution in [0.1, 0.15) is 37.0 Å². The zero-order valence-electron chi connectivity index (χ0n) is 15.9. The van der Waals surface area contributed by atoms with Crippen LogP contribution in [0.25, 0.3) is 0 Å². The largest absolute Gasteiger partial charge is 0.494 e. The van der Waals surface area contributed by atoms with Gasteiger partial charge in [-0.2, -0.15) is 0 Å². The van der Waals surface area contributed by atoms with Crippen molar-refractivity contribution in [1.29, 1.82) is 0 Å². The SMILES string of the molecule is CCCNC(=O)c1cccc(NCC(=O)Nc2cccc(OCCC)c2)c1. The van der Waals surface area contributed by atoms with Gasteiger partial charge in [-0.15, -0.1) is 0 Å². The minimum atomic E-state index is -0.177. The molecule has 0 saturated carbocycles. The van der Waals surface area contributed by atoms with Gasteiger partial charge in [-0.1, -0.05) is 26.0 Å². The van der Waals surface area contributed by atoms with E-state index in [4.69, 9.17) is 4.74 Å². The van der Waals surface area contributed by atoms with Gasteiger partial charge >= 0.3 is 0 Å². The maximum atomic E-state index is 12.2. The summed E-state index contributed by atoms with van der Waals surface area (Å²) < 4.78 is 5.57. The normalized spacial score (nSPS) is 10.1. The summed E-state index contributed by atoms with van der Waals surface area (Å²) >= 11 is 0. The van der Waals surface area contributed by atoms with Crippen LogP contribution >= 0.6 is 0 Å². The van der Waals surface area contributed by atoms with E-state index in [0.717, 1.165) is 18.6 Å². The maximum Gasteiger partial charge on any atom is 0.251 e. The van der Waals surface area contributed by atoms with Crippen molar-refractivity contribution in [3.63, 3.8) is 0 Å². The van der Waals surface area contributed by atoms with E-state index in [9.17, 15) is 9.59 Å². The molecule has 2 aromatic rings. The second-order valence-electron chi connectivity index (χ2n) is 6.11. The molecular weight excluding hydrogens is 342 g/mol. The maximum absolute atomic E-state index is 12.2. The summed E-state index contributed by atoms with van der Waals surface area (Å²) in [6, 6.07) is 14.4. The molecule has 0 aromatic heterocycles. The van der Waals surface area contributed by atoms with Crippen LogP contribution in [0.15, 0.2) is 48.5 Å². The molecule has 0 aliphatic heterocycles. The predicted molar refractivity (Wildman–Crippen MR) is 108 cm³/mol. The van der Waals surface area contributed by atoms with Crippen molar-refractivity contribution in [2.45, 2.75) is 26.7 Å². The Balaban J connectivity index is 1.87. The second-order valence-corrected chi connectivity index (χ2v) is 6.11. The highest BCUT2D eigenvalue weighted by Gasteiger charge is 2.07. The molecule has 2 aromatic carbocycles. The molecule has 27 heavy (non-hydrogen) atoms. The summed E-state index contributed by atoms with van der Waals surface area (Å²) in [5, 5.41) is 8.71. The zero-order valence-corrected chi connectivity index (χ0v) is 15.9. The van der Waals surface area contributed by atoms with Gasteiger partial charge in [0.15, 0.2) is 0 Å². The zero-order chi connectivity index (χ0) is 19.5. The van der Waals surface area contributed by atoms with E-state index < -0.39 is 0 Å². The van der Waals surface area contributed by atoms with E-state index >= 15 is 0 Å². The Hall–Kier alpha value is -3.02. The number of hydrogen-bond donors (Lipinski definition) is 3. The monoisotopic (exact) mass is 369 g/mol. The van der Waals surface area contributed by atoms with Gasteiger partial charge in [0.05, 0.1) is 13.2 Å². The fraction of sp³-hybridized carbons (Fsp3) is 0.333. The molecule has 0 heterocycles. The van der Waals surface area contributed by atoms with Gasteiger partial charge < -0.3 is 20.7 Å². The number of ether oxygens (including phenoxy) is 1. The minimum absolute atomic E-state index is 0.0973. The van der Waals surface area contributed by atoms with Crippen molar-refractivity contribution in [1.82, 2.24) is 5.32 Å². The average molecular weight is 369 g/mol. The third-order valence-corrected chi connectivity index (χ3v) is 3.70. The van der Waals surface area contributed by atoms with Gasteiger partial charge in [-0.3, -0.25) is 9.59 Å². The van der Waals surface area contributed by atoms with Crippen molar-refractivity contribution in [3.8, 4) is 5.75 Å². The number of benzene rings is 2. The van der Waals surface area contributed by atoms with Gasteiger partial charge in [0, 0.05) is 29.5 Å². The molecule has 0 saturated heterocycles. The Morgan fingerprint density at radius 2 is 1.74 bits per heavy atom. The molecule has 0 aliphatic rings. The number of nitrogens with one attached hydrogen (secondary N) is 3. The first-order valence-corrected chi connectivity index (χ1v) is 9.27. The van der Waals surface area contributed by atoms with E-state index in [0.29, 0.717) is 30.1 Å². The summed E-state index contributed by atoms with van der Waals surface area (Å²) in [6.45, 7) is 5.42. The van der Waals surface area contributed by atoms with Gasteiger partial charge in [0.1, 0.15) is 5.75 Å². The van der Waals surface area contributed by atoms with Crippen LogP contribution in [-0.2, 0) is 4.79 Å². The van der Waals surface area contributed by atoms with Crippen LogP contribution in [0.5, 0.6) is 5.75 Å². The molecule has 0 atom stereocenters. The molecule has 0 aliphatic carbocycles. The van der Waals surface area contributed by atoms with Crippen molar-refractivity contribution in [2.24, 2.45) is 0 Å². The minimum Gasteiger partial charge on any atom is -0.494 e. The highest BCUT2D eigenvalue weighted by atomic mass is 16.5. The van der Waals surface area contributed by atoms with E-state index in [1.807, 2.05) is 38.1 Å². The Morgan fingerprint density at radius 1 is 0.963 bits per heavy atom. The highest BCUT2D eigenvalue weighted by molar-refractivity contribution is 5.96. The van der Waals surface area contributed by atoms with Crippen molar-refractivity contribution < 1.29 is 14.3 Å². The molecular formula is C21H27N3O3. The van der Waals surface area contributed by atoms with Crippen LogP contribution in [0, 0.1) is 0 Å². The predicted octanol–water partition coefficient (Wildman–Crippen LogP) is 3.67. The molecule has 6 nitrogen and oxygen atoms in total. The fourth-order valence-corrected chi connectivity index (χ4v) is 2.38. The van der Waals surface area contributed by atoms with Crippen molar-refractivity contribution in [2.75, 3.05) is 30.3 Å². The number of anilines is 2. The number of amides is 2. The molecule has 0 unspecified atom stereocenters. The molecule has 0 spiro atoms. The lowest BCUT2D eigenvalue weighted by Crippen LogP contribution is -2.24. The van der Waals surface area contributed by atoms with Crippen LogP contribution in [-0.4, -0.2) is 31.5 Å². The van der Waals surface area contributed by atoms with Crippen molar-refractivity contribution >= 4 is 23.2 Å². The first-order valence-electron chi connectivity index (χ1n) is 9.27. The lowest BCUT2D eigenvalue weighted by atomic mass is 10.2. The lowest BCUT2D eigenvalue weighted by molar-refractivity contribution is -0.114. The third kappa shape index (κ3) is 7.01. The molecule has 2 amide bonds. The van der Waals surface area contributed by atoms with Crippen LogP contribution < -0.4 is 20.7 Å². The summed E-state index contributed by atoms with van der Waals surface area (Å²) in [5.41, 5.74) is 1.96. The van der Waals surface area contributed by atoms with Crippen LogP contribution in [0.3, 0.4) is 0 Å². The number of carbonyl (C=O) groups excluding carboxylic acids is 2. The average Bonchev–Trinajstić information content (AvgIpc) is 2.69. The quantitative estimate of drug-likeness (QED) is 0.597. The Labute approximate surface area is 160 Å². The van der Waals surface area contributed by atoms with Gasteiger partial charge in [-0.05, 0) is 43.2 Å². The molecule has 2 rings (SSSR count). The number of rotatable bonds is 10. The van der Waals surface area contributed by atoms with Crippen molar-refractivity contribution in [3.05, 3.63) is 54.1 Å². The summed E-state index contributed by atoms with van der Waals surface area (Å²) in [7, 11) is 0. The molecule has 0 fully saturated rings. The summed E-state index contributed by atoms with van der Waals surface area (Å²) in [5.74, 6) is 0.436. The van der Waals surface area contributed by atoms with Crippen LogP contribution in [0.2, 0.25) is 0 Å². The molecule has 6 heteroatoms. The second kappa shape index (κ2) is 10.9. The molecule has 3 N–H and O–H groups in total. The fourth-order valence-electron chi connectivity index (χ4n) is 2.38. The number of hydrogen-bond acceptors (Lipinski definition) is 4. The smallest absolute Gasteiger partial charge is 0.251 e.